The molecule has 0 fully saturated rings. The highest BCUT2D eigenvalue weighted by Crippen LogP contribution is 2.21. The molecule has 0 saturated heterocycles. The summed E-state index contributed by atoms with van der Waals surface area (Å²) in [5.74, 6) is -1.39. The fourth-order valence-electron chi connectivity index (χ4n) is 1.90. The lowest BCUT2D eigenvalue weighted by molar-refractivity contribution is -0.136. The molecule has 1 atom stereocenters. The highest BCUT2D eigenvalue weighted by molar-refractivity contribution is 6.39. The first-order valence-corrected chi connectivity index (χ1v) is 7.46. The third-order valence-electron chi connectivity index (χ3n) is 3.76. The largest absolute Gasteiger partial charge is 0.393 e. The van der Waals surface area contributed by atoms with Crippen LogP contribution >= 0.6 is 0 Å². The molecule has 1 aromatic carbocycles. The Kier molecular flexibility index (Phi) is 6.11. The van der Waals surface area contributed by atoms with Crippen LogP contribution in [0.5, 0.6) is 0 Å². The van der Waals surface area contributed by atoms with Crippen molar-refractivity contribution < 1.29 is 14.7 Å². The van der Waals surface area contributed by atoms with E-state index in [2.05, 4.69) is 10.6 Å². The lowest BCUT2D eigenvalue weighted by Crippen LogP contribution is -2.38. The highest BCUT2D eigenvalue weighted by atomic mass is 16.3. The van der Waals surface area contributed by atoms with Gasteiger partial charge < -0.3 is 15.7 Å². The van der Waals surface area contributed by atoms with Gasteiger partial charge in [-0.1, -0.05) is 32.9 Å². The van der Waals surface area contributed by atoms with Gasteiger partial charge in [-0.25, -0.2) is 0 Å². The van der Waals surface area contributed by atoms with Crippen LogP contribution in [-0.2, 0) is 9.59 Å². The third-order valence-corrected chi connectivity index (χ3v) is 3.76. The number of rotatable bonds is 4. The summed E-state index contributed by atoms with van der Waals surface area (Å²) in [7, 11) is 0. The van der Waals surface area contributed by atoms with Crippen molar-refractivity contribution in [1.82, 2.24) is 5.32 Å². The number of amides is 2. The van der Waals surface area contributed by atoms with Crippen LogP contribution in [0.1, 0.15) is 38.3 Å². The SMILES string of the molecule is Cc1cccc(NC(=O)C(=O)NCCC(O)C(C)(C)C)c1C. The fraction of sp³-hybridized carbons (Fsp3) is 0.529. The predicted molar refractivity (Wildman–Crippen MR) is 87.6 cm³/mol. The minimum atomic E-state index is -0.695. The van der Waals surface area contributed by atoms with Crippen molar-refractivity contribution in [2.75, 3.05) is 11.9 Å². The standard InChI is InChI=1S/C17H26N2O3/c1-11-7-6-8-13(12(11)2)19-16(22)15(21)18-10-9-14(20)17(3,4)5/h6-8,14,20H,9-10H2,1-5H3,(H,18,21)(H,19,22). The first-order valence-electron chi connectivity index (χ1n) is 7.46. The summed E-state index contributed by atoms with van der Waals surface area (Å²) in [6, 6.07) is 5.53. The van der Waals surface area contributed by atoms with Gasteiger partial charge in [-0.05, 0) is 42.9 Å². The molecule has 2 amide bonds. The van der Waals surface area contributed by atoms with Gasteiger partial charge >= 0.3 is 11.8 Å². The maximum absolute atomic E-state index is 11.9. The molecule has 0 radical (unpaired) electrons. The van der Waals surface area contributed by atoms with E-state index >= 15 is 0 Å². The summed E-state index contributed by atoms with van der Waals surface area (Å²) in [4.78, 5) is 23.6. The first kappa shape index (κ1) is 18.2. The molecule has 122 valence electrons. The maximum atomic E-state index is 11.9. The Hall–Kier alpha value is -1.88. The predicted octanol–water partition coefficient (Wildman–Crippen LogP) is 2.16. The second-order valence-electron chi connectivity index (χ2n) is 6.63. The Morgan fingerprint density at radius 1 is 1.18 bits per heavy atom. The number of hydrogen-bond donors (Lipinski definition) is 3. The van der Waals surface area contributed by atoms with Gasteiger partial charge in [0.1, 0.15) is 0 Å². The molecule has 0 saturated carbocycles. The maximum Gasteiger partial charge on any atom is 0.313 e. The molecule has 22 heavy (non-hydrogen) atoms. The summed E-state index contributed by atoms with van der Waals surface area (Å²) in [6.07, 6.45) is -0.124. The van der Waals surface area contributed by atoms with Crippen molar-refractivity contribution in [3.63, 3.8) is 0 Å². The molecule has 5 nitrogen and oxygen atoms in total. The fourth-order valence-corrected chi connectivity index (χ4v) is 1.90. The van der Waals surface area contributed by atoms with Crippen LogP contribution in [0.3, 0.4) is 0 Å². The average Bonchev–Trinajstić information content (AvgIpc) is 2.42. The third kappa shape index (κ3) is 5.15. The van der Waals surface area contributed by atoms with Gasteiger partial charge in [-0.15, -0.1) is 0 Å². The van der Waals surface area contributed by atoms with E-state index < -0.39 is 17.9 Å². The van der Waals surface area contributed by atoms with Crippen molar-refractivity contribution in [3.05, 3.63) is 29.3 Å². The van der Waals surface area contributed by atoms with Gasteiger partial charge in [0.2, 0.25) is 0 Å². The number of aryl methyl sites for hydroxylation is 1. The second kappa shape index (κ2) is 7.40. The molecule has 1 aromatic rings. The molecule has 0 bridgehead atoms. The van der Waals surface area contributed by atoms with Crippen molar-refractivity contribution in [2.24, 2.45) is 5.41 Å². The summed E-state index contributed by atoms with van der Waals surface area (Å²) in [6.45, 7) is 9.87. The van der Waals surface area contributed by atoms with Gasteiger partial charge in [0, 0.05) is 12.2 Å². The monoisotopic (exact) mass is 306 g/mol. The number of hydrogen-bond acceptors (Lipinski definition) is 3. The molecule has 0 spiro atoms. The summed E-state index contributed by atoms with van der Waals surface area (Å²) in [5, 5.41) is 15.0. The van der Waals surface area contributed by atoms with E-state index in [0.29, 0.717) is 12.1 Å². The number of carbonyl (C=O) groups is 2. The first-order chi connectivity index (χ1) is 10.1. The van der Waals surface area contributed by atoms with E-state index in [-0.39, 0.29) is 12.0 Å². The Balaban J connectivity index is 2.49. The zero-order chi connectivity index (χ0) is 16.9. The zero-order valence-corrected chi connectivity index (χ0v) is 14.0. The van der Waals surface area contributed by atoms with E-state index in [1.807, 2.05) is 46.8 Å². The van der Waals surface area contributed by atoms with E-state index in [1.54, 1.807) is 6.07 Å². The summed E-state index contributed by atoms with van der Waals surface area (Å²) < 4.78 is 0. The van der Waals surface area contributed by atoms with Gasteiger partial charge in [0.25, 0.3) is 0 Å². The summed E-state index contributed by atoms with van der Waals surface area (Å²) in [5.41, 5.74) is 2.37. The van der Waals surface area contributed by atoms with E-state index in [0.717, 1.165) is 11.1 Å². The molecule has 3 N–H and O–H groups in total. The number of aliphatic hydroxyl groups is 1. The molecule has 0 aliphatic carbocycles. The van der Waals surface area contributed by atoms with E-state index in [9.17, 15) is 14.7 Å². The minimum absolute atomic E-state index is 0.244. The molecular formula is C17H26N2O3. The van der Waals surface area contributed by atoms with Crippen LogP contribution in [0.2, 0.25) is 0 Å². The molecule has 5 heteroatoms. The molecule has 1 unspecified atom stereocenters. The van der Waals surface area contributed by atoms with E-state index in [1.165, 1.54) is 0 Å². The van der Waals surface area contributed by atoms with Crippen molar-refractivity contribution in [1.29, 1.82) is 0 Å². The molecule has 0 aromatic heterocycles. The van der Waals surface area contributed by atoms with Crippen molar-refractivity contribution >= 4 is 17.5 Å². The van der Waals surface area contributed by atoms with Crippen molar-refractivity contribution in [2.45, 2.75) is 47.1 Å². The normalized spacial score (nSPS) is 12.6. The summed E-state index contributed by atoms with van der Waals surface area (Å²) >= 11 is 0. The second-order valence-corrected chi connectivity index (χ2v) is 6.63. The van der Waals surface area contributed by atoms with Gasteiger partial charge in [-0.2, -0.15) is 0 Å². The van der Waals surface area contributed by atoms with Crippen LogP contribution in [0.15, 0.2) is 18.2 Å². The molecule has 0 aliphatic heterocycles. The molecule has 1 rings (SSSR count). The number of benzene rings is 1. The topological polar surface area (TPSA) is 78.4 Å². The number of anilines is 1. The van der Waals surface area contributed by atoms with Crippen LogP contribution in [-0.4, -0.2) is 29.6 Å². The Morgan fingerprint density at radius 2 is 1.82 bits per heavy atom. The van der Waals surface area contributed by atoms with Crippen LogP contribution in [0.4, 0.5) is 5.69 Å². The van der Waals surface area contributed by atoms with Crippen LogP contribution in [0.25, 0.3) is 0 Å². The molecule has 0 heterocycles. The Bertz CT molecular complexity index is 547. The van der Waals surface area contributed by atoms with Crippen molar-refractivity contribution in [3.8, 4) is 0 Å². The lowest BCUT2D eigenvalue weighted by atomic mass is 9.87. The Morgan fingerprint density at radius 3 is 2.41 bits per heavy atom. The number of aliphatic hydroxyl groups excluding tert-OH is 1. The lowest BCUT2D eigenvalue weighted by Gasteiger charge is -2.25. The minimum Gasteiger partial charge on any atom is -0.393 e. The zero-order valence-electron chi connectivity index (χ0n) is 14.0. The smallest absolute Gasteiger partial charge is 0.313 e. The van der Waals surface area contributed by atoms with E-state index in [4.69, 9.17) is 0 Å². The molecule has 0 aliphatic rings. The van der Waals surface area contributed by atoms with Gasteiger partial charge in [-0.3, -0.25) is 9.59 Å². The van der Waals surface area contributed by atoms with Gasteiger partial charge in [0.05, 0.1) is 6.10 Å². The number of nitrogens with one attached hydrogen (secondary N) is 2. The number of carbonyl (C=O) groups excluding carboxylic acids is 2. The highest BCUT2D eigenvalue weighted by Gasteiger charge is 2.22. The molecular weight excluding hydrogens is 280 g/mol. The van der Waals surface area contributed by atoms with Crippen LogP contribution < -0.4 is 10.6 Å². The van der Waals surface area contributed by atoms with Crippen LogP contribution in [0, 0.1) is 19.3 Å². The quantitative estimate of drug-likeness (QED) is 0.746. The average molecular weight is 306 g/mol. The Labute approximate surface area is 132 Å². The van der Waals surface area contributed by atoms with Gasteiger partial charge in [0.15, 0.2) is 0 Å².